The summed E-state index contributed by atoms with van der Waals surface area (Å²) in [6.07, 6.45) is 0. The lowest BCUT2D eigenvalue weighted by molar-refractivity contribution is 0.0935. The molecule has 1 amide bonds. The van der Waals surface area contributed by atoms with E-state index in [0.717, 1.165) is 16.7 Å². The van der Waals surface area contributed by atoms with Crippen molar-refractivity contribution in [2.75, 3.05) is 0 Å². The summed E-state index contributed by atoms with van der Waals surface area (Å²) >= 11 is 5.90. The third kappa shape index (κ3) is 2.93. The van der Waals surface area contributed by atoms with Gasteiger partial charge in [-0.15, -0.1) is 0 Å². The molecule has 1 atom stereocenters. The van der Waals surface area contributed by atoms with Crippen molar-refractivity contribution in [2.45, 2.75) is 13.0 Å². The monoisotopic (exact) mass is 299 g/mol. The average Bonchev–Trinajstić information content (AvgIpc) is 2.91. The number of carbonyl (C=O) groups is 1. The largest absolute Gasteiger partial charge is 0.459 e. The van der Waals surface area contributed by atoms with E-state index in [4.69, 9.17) is 16.0 Å². The van der Waals surface area contributed by atoms with Crippen LogP contribution in [0.2, 0.25) is 5.02 Å². The van der Waals surface area contributed by atoms with E-state index in [1.807, 2.05) is 37.3 Å². The maximum Gasteiger partial charge on any atom is 0.251 e. The molecule has 3 aromatic rings. The van der Waals surface area contributed by atoms with Gasteiger partial charge in [-0.3, -0.25) is 4.79 Å². The van der Waals surface area contributed by atoms with E-state index in [1.54, 1.807) is 24.3 Å². The molecule has 0 saturated carbocycles. The molecule has 1 N–H and O–H groups in total. The highest BCUT2D eigenvalue weighted by atomic mass is 35.5. The van der Waals surface area contributed by atoms with Gasteiger partial charge in [-0.05, 0) is 37.3 Å². The first kappa shape index (κ1) is 13.7. The summed E-state index contributed by atoms with van der Waals surface area (Å²) in [5, 5.41) is 4.47. The molecule has 3 rings (SSSR count). The van der Waals surface area contributed by atoms with Crippen molar-refractivity contribution in [3.8, 4) is 0 Å². The molecule has 0 saturated heterocycles. The number of fused-ring (bicyclic) bond motifs is 1. The number of furan rings is 1. The zero-order valence-electron chi connectivity index (χ0n) is 11.5. The van der Waals surface area contributed by atoms with Crippen LogP contribution in [-0.2, 0) is 0 Å². The van der Waals surface area contributed by atoms with Gasteiger partial charge in [0.15, 0.2) is 0 Å². The van der Waals surface area contributed by atoms with Crippen LogP contribution in [0, 0.1) is 0 Å². The van der Waals surface area contributed by atoms with Crippen LogP contribution in [0.5, 0.6) is 0 Å². The molecule has 0 bridgehead atoms. The van der Waals surface area contributed by atoms with Crippen molar-refractivity contribution in [3.63, 3.8) is 0 Å². The first-order chi connectivity index (χ1) is 10.1. The summed E-state index contributed by atoms with van der Waals surface area (Å²) in [5.41, 5.74) is 1.35. The molecule has 0 spiro atoms. The minimum Gasteiger partial charge on any atom is -0.459 e. The minimum atomic E-state index is -0.219. The second-order valence-electron chi connectivity index (χ2n) is 4.89. The molecular weight excluding hydrogens is 286 g/mol. The molecule has 106 valence electrons. The summed E-state index contributed by atoms with van der Waals surface area (Å²) in [6, 6.07) is 16.3. The molecule has 4 heteroatoms. The number of benzene rings is 2. The number of halogens is 1. The standard InChI is InChI=1S/C17H14ClNO2/c1-11(16-10-12-5-2-3-8-15(12)21-16)19-17(20)13-6-4-7-14(18)9-13/h2-11H,1H3,(H,19,20). The van der Waals surface area contributed by atoms with E-state index < -0.39 is 0 Å². The Morgan fingerprint density at radius 3 is 2.71 bits per heavy atom. The molecule has 0 radical (unpaired) electrons. The molecule has 21 heavy (non-hydrogen) atoms. The highest BCUT2D eigenvalue weighted by molar-refractivity contribution is 6.30. The van der Waals surface area contributed by atoms with E-state index in [0.29, 0.717) is 10.6 Å². The lowest BCUT2D eigenvalue weighted by Gasteiger charge is -2.11. The molecule has 1 unspecified atom stereocenters. The van der Waals surface area contributed by atoms with Gasteiger partial charge in [0.2, 0.25) is 0 Å². The fourth-order valence-electron chi connectivity index (χ4n) is 2.20. The molecule has 3 nitrogen and oxygen atoms in total. The Balaban J connectivity index is 1.79. The Hall–Kier alpha value is -2.26. The van der Waals surface area contributed by atoms with Gasteiger partial charge in [-0.1, -0.05) is 35.9 Å². The minimum absolute atomic E-state index is 0.176. The Labute approximate surface area is 127 Å². The highest BCUT2D eigenvalue weighted by Gasteiger charge is 2.15. The lowest BCUT2D eigenvalue weighted by atomic mass is 10.1. The number of amides is 1. The highest BCUT2D eigenvalue weighted by Crippen LogP contribution is 2.23. The summed E-state index contributed by atoms with van der Waals surface area (Å²) < 4.78 is 5.75. The number of hydrogen-bond donors (Lipinski definition) is 1. The van der Waals surface area contributed by atoms with Crippen molar-refractivity contribution >= 4 is 28.5 Å². The van der Waals surface area contributed by atoms with Gasteiger partial charge in [0.25, 0.3) is 5.91 Å². The topological polar surface area (TPSA) is 42.2 Å². The number of hydrogen-bond acceptors (Lipinski definition) is 2. The maximum atomic E-state index is 12.2. The van der Waals surface area contributed by atoms with Crippen LogP contribution < -0.4 is 5.32 Å². The van der Waals surface area contributed by atoms with Crippen LogP contribution in [0.15, 0.2) is 59.0 Å². The van der Waals surface area contributed by atoms with Crippen LogP contribution in [0.25, 0.3) is 11.0 Å². The van der Waals surface area contributed by atoms with E-state index >= 15 is 0 Å². The summed E-state index contributed by atoms with van der Waals surface area (Å²) in [4.78, 5) is 12.2. The average molecular weight is 300 g/mol. The Bertz CT molecular complexity index is 761. The van der Waals surface area contributed by atoms with Crippen LogP contribution in [0.1, 0.15) is 29.1 Å². The number of carbonyl (C=O) groups excluding carboxylic acids is 1. The van der Waals surface area contributed by atoms with Gasteiger partial charge >= 0.3 is 0 Å². The van der Waals surface area contributed by atoms with Crippen molar-refractivity contribution in [3.05, 3.63) is 70.9 Å². The molecule has 0 fully saturated rings. The Kier molecular flexibility index (Phi) is 3.67. The number of nitrogens with one attached hydrogen (secondary N) is 1. The fourth-order valence-corrected chi connectivity index (χ4v) is 2.39. The summed E-state index contributed by atoms with van der Waals surface area (Å²) in [7, 11) is 0. The van der Waals surface area contributed by atoms with E-state index in [1.165, 1.54) is 0 Å². The second kappa shape index (κ2) is 5.62. The smallest absolute Gasteiger partial charge is 0.251 e. The zero-order valence-corrected chi connectivity index (χ0v) is 12.2. The first-order valence-electron chi connectivity index (χ1n) is 6.68. The SMILES string of the molecule is CC(NC(=O)c1cccc(Cl)c1)c1cc2ccccc2o1. The molecule has 0 aliphatic rings. The van der Waals surface area contributed by atoms with Gasteiger partial charge in [0.1, 0.15) is 11.3 Å². The Morgan fingerprint density at radius 1 is 1.14 bits per heavy atom. The zero-order chi connectivity index (χ0) is 14.8. The van der Waals surface area contributed by atoms with Gasteiger partial charge in [-0.2, -0.15) is 0 Å². The van der Waals surface area contributed by atoms with Gasteiger partial charge in [0, 0.05) is 16.0 Å². The number of rotatable bonds is 3. The molecule has 2 aromatic carbocycles. The van der Waals surface area contributed by atoms with Gasteiger partial charge in [0.05, 0.1) is 6.04 Å². The third-order valence-electron chi connectivity index (χ3n) is 3.31. The van der Waals surface area contributed by atoms with Crippen molar-refractivity contribution in [2.24, 2.45) is 0 Å². The third-order valence-corrected chi connectivity index (χ3v) is 3.54. The van der Waals surface area contributed by atoms with E-state index in [9.17, 15) is 4.79 Å². The van der Waals surface area contributed by atoms with Crippen LogP contribution >= 0.6 is 11.6 Å². The first-order valence-corrected chi connectivity index (χ1v) is 7.06. The summed E-state index contributed by atoms with van der Waals surface area (Å²) in [5.74, 6) is 0.553. The molecule has 0 aliphatic heterocycles. The lowest BCUT2D eigenvalue weighted by Crippen LogP contribution is -2.26. The molecule has 1 heterocycles. The fraction of sp³-hybridized carbons (Fsp3) is 0.118. The van der Waals surface area contributed by atoms with Crippen LogP contribution in [0.3, 0.4) is 0 Å². The molecule has 1 aromatic heterocycles. The second-order valence-corrected chi connectivity index (χ2v) is 5.33. The quantitative estimate of drug-likeness (QED) is 0.769. The maximum absolute atomic E-state index is 12.2. The van der Waals surface area contributed by atoms with Crippen molar-refractivity contribution < 1.29 is 9.21 Å². The van der Waals surface area contributed by atoms with Crippen molar-refractivity contribution in [1.82, 2.24) is 5.32 Å². The molecule has 0 aliphatic carbocycles. The predicted octanol–water partition coefficient (Wildman–Crippen LogP) is 4.58. The molecular formula is C17H14ClNO2. The summed E-state index contributed by atoms with van der Waals surface area (Å²) in [6.45, 7) is 1.89. The van der Waals surface area contributed by atoms with E-state index in [-0.39, 0.29) is 11.9 Å². The van der Waals surface area contributed by atoms with Crippen LogP contribution in [0.4, 0.5) is 0 Å². The van der Waals surface area contributed by atoms with Gasteiger partial charge < -0.3 is 9.73 Å². The van der Waals surface area contributed by atoms with Crippen LogP contribution in [-0.4, -0.2) is 5.91 Å². The normalized spacial score (nSPS) is 12.3. The number of para-hydroxylation sites is 1. The predicted molar refractivity (Wildman–Crippen MR) is 83.5 cm³/mol. The van der Waals surface area contributed by atoms with Gasteiger partial charge in [-0.25, -0.2) is 0 Å². The Morgan fingerprint density at radius 2 is 1.95 bits per heavy atom. The van der Waals surface area contributed by atoms with Crippen molar-refractivity contribution in [1.29, 1.82) is 0 Å². The van der Waals surface area contributed by atoms with E-state index in [2.05, 4.69) is 5.32 Å².